The molecule has 0 spiro atoms. The summed E-state index contributed by atoms with van der Waals surface area (Å²) in [7, 11) is 0. The maximum Gasteiger partial charge on any atom is 0.383 e. The number of carbonyl (C=O) groups excluding carboxylic acids is 1. The van der Waals surface area contributed by atoms with Gasteiger partial charge < -0.3 is 10.5 Å². The average Bonchev–Trinajstić information content (AvgIpc) is 2.50. The second-order valence-electron chi connectivity index (χ2n) is 4.33. The highest BCUT2D eigenvalue weighted by molar-refractivity contribution is 6.33. The van der Waals surface area contributed by atoms with E-state index in [1.165, 1.54) is 12.1 Å². The van der Waals surface area contributed by atoms with E-state index in [2.05, 4.69) is 4.94 Å². The molecule has 2 N–H and O–H groups in total. The number of nitrogen functional groups attached to an aromatic ring is 1. The average molecular weight is 310 g/mol. The number of halogens is 2. The molecule has 0 amide bonds. The molecule has 0 bridgehead atoms. The van der Waals surface area contributed by atoms with Gasteiger partial charge in [0.15, 0.2) is 0 Å². The third kappa shape index (κ3) is 3.44. The molecule has 0 heterocycles. The van der Waals surface area contributed by atoms with Crippen LogP contribution in [0.3, 0.4) is 0 Å². The summed E-state index contributed by atoms with van der Waals surface area (Å²) in [5, 5.41) is 0.328. The lowest BCUT2D eigenvalue weighted by atomic mass is 10.1. The first-order valence-corrected chi connectivity index (χ1v) is 6.61. The first kappa shape index (κ1) is 15.1. The number of hydrogen-bond acceptors (Lipinski definition) is 4. The molecular formula is C15H13ClFNO3. The predicted octanol–water partition coefficient (Wildman–Crippen LogP) is 4.32. The number of anilines is 1. The van der Waals surface area contributed by atoms with Gasteiger partial charge in [0.1, 0.15) is 17.1 Å². The summed E-state index contributed by atoms with van der Waals surface area (Å²) in [4.78, 5) is 14.7. The van der Waals surface area contributed by atoms with Crippen LogP contribution in [-0.2, 0) is 11.4 Å². The molecule has 0 saturated carbocycles. The molecule has 0 radical (unpaired) electrons. The van der Waals surface area contributed by atoms with Gasteiger partial charge >= 0.3 is 5.97 Å². The van der Waals surface area contributed by atoms with Crippen LogP contribution in [0.5, 0.6) is 11.5 Å². The highest BCUT2D eigenvalue weighted by atomic mass is 35.5. The van der Waals surface area contributed by atoms with Gasteiger partial charge in [0.2, 0.25) is 0 Å². The molecule has 6 heteroatoms. The van der Waals surface area contributed by atoms with E-state index < -0.39 is 5.97 Å². The zero-order valence-electron chi connectivity index (χ0n) is 11.2. The van der Waals surface area contributed by atoms with E-state index in [1.807, 2.05) is 6.92 Å². The number of hydrogen-bond donors (Lipinski definition) is 1. The smallest absolute Gasteiger partial charge is 0.383 e. The van der Waals surface area contributed by atoms with Gasteiger partial charge in [-0.25, -0.2) is 9.74 Å². The number of carbonyl (C=O) groups is 1. The molecule has 0 saturated heterocycles. The predicted molar refractivity (Wildman–Crippen MR) is 78.3 cm³/mol. The molecular weight excluding hydrogens is 297 g/mol. The van der Waals surface area contributed by atoms with Crippen molar-refractivity contribution in [3.8, 4) is 11.5 Å². The minimum absolute atomic E-state index is 0.0114. The van der Waals surface area contributed by atoms with Crippen LogP contribution in [0.15, 0.2) is 36.4 Å². The molecule has 21 heavy (non-hydrogen) atoms. The molecule has 2 rings (SSSR count). The summed E-state index contributed by atoms with van der Waals surface area (Å²) < 4.78 is 17.8. The minimum Gasteiger partial charge on any atom is -0.456 e. The Morgan fingerprint density at radius 2 is 2.05 bits per heavy atom. The summed E-state index contributed by atoms with van der Waals surface area (Å²) in [6.07, 6.45) is 0.740. The van der Waals surface area contributed by atoms with Gasteiger partial charge in [-0.3, -0.25) is 0 Å². The Kier molecular flexibility index (Phi) is 4.65. The van der Waals surface area contributed by atoms with Crippen LogP contribution < -0.4 is 10.5 Å². The first-order chi connectivity index (χ1) is 10.0. The highest BCUT2D eigenvalue weighted by Crippen LogP contribution is 2.31. The molecule has 2 aromatic carbocycles. The van der Waals surface area contributed by atoms with Gasteiger partial charge in [-0.15, -0.1) is 0 Å². The van der Waals surface area contributed by atoms with Crippen molar-refractivity contribution in [3.63, 3.8) is 0 Å². The lowest BCUT2D eigenvalue weighted by molar-refractivity contribution is -0.0789. The molecule has 0 aliphatic heterocycles. The van der Waals surface area contributed by atoms with Gasteiger partial charge in [-0.05, 0) is 36.2 Å². The first-order valence-electron chi connectivity index (χ1n) is 6.24. The van der Waals surface area contributed by atoms with Gasteiger partial charge in [-0.2, -0.15) is 0 Å². The summed E-state index contributed by atoms with van der Waals surface area (Å²) in [5.41, 5.74) is 6.95. The van der Waals surface area contributed by atoms with Crippen molar-refractivity contribution in [1.29, 1.82) is 0 Å². The normalized spacial score (nSPS) is 10.2. The van der Waals surface area contributed by atoms with E-state index in [1.54, 1.807) is 24.3 Å². The number of nitrogens with two attached hydrogens (primary N) is 1. The second-order valence-corrected chi connectivity index (χ2v) is 4.74. The number of benzene rings is 2. The molecule has 0 fully saturated rings. The van der Waals surface area contributed by atoms with E-state index in [9.17, 15) is 9.32 Å². The van der Waals surface area contributed by atoms with E-state index in [0.29, 0.717) is 16.5 Å². The Morgan fingerprint density at radius 3 is 2.67 bits per heavy atom. The monoisotopic (exact) mass is 309 g/mol. The van der Waals surface area contributed by atoms with E-state index in [0.717, 1.165) is 12.0 Å². The minimum atomic E-state index is -1.12. The number of rotatable bonds is 4. The van der Waals surface area contributed by atoms with Gasteiger partial charge in [-0.1, -0.05) is 24.6 Å². The largest absolute Gasteiger partial charge is 0.456 e. The molecule has 110 valence electrons. The fourth-order valence-electron chi connectivity index (χ4n) is 1.78. The van der Waals surface area contributed by atoms with Crippen LogP contribution >= 0.6 is 11.6 Å². The molecule has 0 unspecified atom stereocenters. The van der Waals surface area contributed by atoms with Crippen molar-refractivity contribution in [2.45, 2.75) is 13.3 Å². The van der Waals surface area contributed by atoms with Crippen LogP contribution in [0.4, 0.5) is 10.2 Å². The zero-order valence-corrected chi connectivity index (χ0v) is 12.0. The van der Waals surface area contributed by atoms with Crippen molar-refractivity contribution in [1.82, 2.24) is 0 Å². The Bertz CT molecular complexity index is 676. The lowest BCUT2D eigenvalue weighted by Gasteiger charge is -2.11. The summed E-state index contributed by atoms with van der Waals surface area (Å²) in [5.74, 6) is -0.539. The van der Waals surface area contributed by atoms with E-state index in [4.69, 9.17) is 22.1 Å². The maximum absolute atomic E-state index is 12.1. The molecule has 0 aliphatic carbocycles. The van der Waals surface area contributed by atoms with Crippen molar-refractivity contribution < 1.29 is 19.0 Å². The fourth-order valence-corrected chi connectivity index (χ4v) is 1.95. The third-order valence-electron chi connectivity index (χ3n) is 2.94. The Labute approximate surface area is 126 Å². The Morgan fingerprint density at radius 1 is 1.29 bits per heavy atom. The second kappa shape index (κ2) is 6.45. The third-order valence-corrected chi connectivity index (χ3v) is 3.27. The van der Waals surface area contributed by atoms with Crippen molar-refractivity contribution in [3.05, 3.63) is 52.5 Å². The van der Waals surface area contributed by atoms with Crippen LogP contribution in [0.1, 0.15) is 22.8 Å². The van der Waals surface area contributed by atoms with Crippen LogP contribution in [0.2, 0.25) is 5.02 Å². The number of aryl methyl sites for hydroxylation is 1. The molecule has 0 aliphatic rings. The summed E-state index contributed by atoms with van der Waals surface area (Å²) in [6.45, 7) is 1.95. The zero-order chi connectivity index (χ0) is 15.4. The summed E-state index contributed by atoms with van der Waals surface area (Å²) in [6, 6.07) is 9.50. The van der Waals surface area contributed by atoms with Gasteiger partial charge in [0, 0.05) is 10.6 Å². The molecule has 0 atom stereocenters. The van der Waals surface area contributed by atoms with E-state index in [-0.39, 0.29) is 11.3 Å². The van der Waals surface area contributed by atoms with Crippen molar-refractivity contribution >= 4 is 23.3 Å². The molecule has 4 nitrogen and oxygen atoms in total. The van der Waals surface area contributed by atoms with Crippen molar-refractivity contribution in [2.24, 2.45) is 0 Å². The Balaban J connectivity index is 2.40. The quantitative estimate of drug-likeness (QED) is 0.854. The maximum atomic E-state index is 12.1. The molecule has 2 aromatic rings. The van der Waals surface area contributed by atoms with Gasteiger partial charge in [0.25, 0.3) is 0 Å². The Hall–Kier alpha value is -2.27. The van der Waals surface area contributed by atoms with Crippen LogP contribution in [-0.4, -0.2) is 5.97 Å². The van der Waals surface area contributed by atoms with Crippen LogP contribution in [0.25, 0.3) is 0 Å². The summed E-state index contributed by atoms with van der Waals surface area (Å²) >= 11 is 5.91. The van der Waals surface area contributed by atoms with Crippen LogP contribution in [0, 0.1) is 0 Å². The molecule has 0 aromatic heterocycles. The van der Waals surface area contributed by atoms with Gasteiger partial charge in [0.05, 0.1) is 10.7 Å². The fraction of sp³-hybridized carbons (Fsp3) is 0.133. The topological polar surface area (TPSA) is 61.5 Å². The standard InChI is InChI=1S/C15H13ClFNO3/c1-2-9-3-5-11(15(19)21-17)14(7-9)20-10-4-6-13(18)12(16)8-10/h3-8H,2,18H2,1H3. The number of ether oxygens (including phenoxy) is 1. The van der Waals surface area contributed by atoms with E-state index >= 15 is 0 Å². The lowest BCUT2D eigenvalue weighted by Crippen LogP contribution is -2.02. The SMILES string of the molecule is CCc1ccc(C(=O)OF)c(Oc2ccc(N)c(Cl)c2)c1. The van der Waals surface area contributed by atoms with Crippen molar-refractivity contribution in [2.75, 3.05) is 5.73 Å². The highest BCUT2D eigenvalue weighted by Gasteiger charge is 2.16.